The lowest BCUT2D eigenvalue weighted by atomic mass is 9.89. The van der Waals surface area contributed by atoms with E-state index in [4.69, 9.17) is 24.7 Å². The Morgan fingerprint density at radius 1 is 1.16 bits per heavy atom. The number of methoxy groups -OCH3 is 2. The molecule has 2 aromatic carbocycles. The molecule has 2 aromatic rings. The SMILES string of the molecule is COc1ccc(CC2NCCc3cc4c(cc32)OCO4)c(N)c1OC. The summed E-state index contributed by atoms with van der Waals surface area (Å²) in [4.78, 5) is 0. The molecular weight excluding hydrogens is 320 g/mol. The summed E-state index contributed by atoms with van der Waals surface area (Å²) in [6.07, 6.45) is 1.74. The Hall–Kier alpha value is -2.60. The van der Waals surface area contributed by atoms with Crippen molar-refractivity contribution in [3.05, 3.63) is 41.0 Å². The second-order valence-electron chi connectivity index (χ2n) is 6.24. The van der Waals surface area contributed by atoms with Crippen LogP contribution in [0.1, 0.15) is 22.7 Å². The maximum Gasteiger partial charge on any atom is 0.231 e. The third-order valence-corrected chi connectivity index (χ3v) is 4.89. The lowest BCUT2D eigenvalue weighted by Crippen LogP contribution is -2.31. The number of nitrogens with one attached hydrogen (secondary N) is 1. The van der Waals surface area contributed by atoms with Crippen LogP contribution < -0.4 is 30.0 Å². The van der Waals surface area contributed by atoms with Crippen molar-refractivity contribution >= 4 is 5.69 Å². The van der Waals surface area contributed by atoms with Crippen molar-refractivity contribution in [2.45, 2.75) is 18.9 Å². The monoisotopic (exact) mass is 342 g/mol. The van der Waals surface area contributed by atoms with Crippen LogP contribution in [0.2, 0.25) is 0 Å². The van der Waals surface area contributed by atoms with Crippen molar-refractivity contribution in [1.82, 2.24) is 5.32 Å². The van der Waals surface area contributed by atoms with Crippen molar-refractivity contribution in [3.63, 3.8) is 0 Å². The number of hydrogen-bond acceptors (Lipinski definition) is 6. The minimum absolute atomic E-state index is 0.165. The Labute approximate surface area is 146 Å². The molecule has 0 fully saturated rings. The standard InChI is InChI=1S/C19H22N2O4/c1-22-15-4-3-12(18(20)19(15)23-2)7-14-13-9-17-16(24-10-25-17)8-11(13)5-6-21-14/h3-4,8-9,14,21H,5-7,10,20H2,1-2H3. The first-order valence-corrected chi connectivity index (χ1v) is 8.36. The molecule has 4 rings (SSSR count). The highest BCUT2D eigenvalue weighted by Crippen LogP contribution is 2.41. The zero-order valence-corrected chi connectivity index (χ0v) is 14.4. The van der Waals surface area contributed by atoms with Crippen molar-refractivity contribution in [2.24, 2.45) is 0 Å². The average Bonchev–Trinajstić information content (AvgIpc) is 3.09. The molecule has 0 aromatic heterocycles. The first-order valence-electron chi connectivity index (χ1n) is 8.36. The molecular formula is C19H22N2O4. The Morgan fingerprint density at radius 2 is 1.96 bits per heavy atom. The summed E-state index contributed by atoms with van der Waals surface area (Å²) in [7, 11) is 3.21. The van der Waals surface area contributed by atoms with E-state index < -0.39 is 0 Å². The molecule has 2 heterocycles. The number of nitrogens with two attached hydrogens (primary N) is 1. The highest BCUT2D eigenvalue weighted by molar-refractivity contribution is 5.65. The molecule has 6 heteroatoms. The highest BCUT2D eigenvalue weighted by Gasteiger charge is 2.26. The molecule has 0 amide bonds. The smallest absolute Gasteiger partial charge is 0.231 e. The second kappa shape index (κ2) is 6.37. The third kappa shape index (κ3) is 2.72. The van der Waals surface area contributed by atoms with Gasteiger partial charge in [0.05, 0.1) is 19.9 Å². The molecule has 0 saturated carbocycles. The molecule has 1 atom stereocenters. The van der Waals surface area contributed by atoms with E-state index in [-0.39, 0.29) is 6.04 Å². The number of benzene rings is 2. The molecule has 3 N–H and O–H groups in total. The van der Waals surface area contributed by atoms with Gasteiger partial charge in [0.25, 0.3) is 0 Å². The van der Waals surface area contributed by atoms with Gasteiger partial charge in [-0.2, -0.15) is 0 Å². The Bertz CT molecular complexity index is 806. The number of fused-ring (bicyclic) bond motifs is 2. The molecule has 2 aliphatic rings. The van der Waals surface area contributed by atoms with Crippen LogP contribution >= 0.6 is 0 Å². The largest absolute Gasteiger partial charge is 0.493 e. The van der Waals surface area contributed by atoms with Gasteiger partial charge in [-0.25, -0.2) is 0 Å². The topological polar surface area (TPSA) is 75.0 Å². The van der Waals surface area contributed by atoms with Crippen molar-refractivity contribution in [2.75, 3.05) is 33.3 Å². The normalized spacial score (nSPS) is 17.9. The maximum atomic E-state index is 6.32. The van der Waals surface area contributed by atoms with Gasteiger partial charge in [0, 0.05) is 6.04 Å². The van der Waals surface area contributed by atoms with E-state index in [9.17, 15) is 0 Å². The molecule has 0 aliphatic carbocycles. The molecule has 25 heavy (non-hydrogen) atoms. The lowest BCUT2D eigenvalue weighted by Gasteiger charge is -2.28. The highest BCUT2D eigenvalue weighted by atomic mass is 16.7. The quantitative estimate of drug-likeness (QED) is 0.832. The van der Waals surface area contributed by atoms with E-state index in [1.807, 2.05) is 12.1 Å². The molecule has 0 bridgehead atoms. The van der Waals surface area contributed by atoms with Gasteiger partial charge in [0.1, 0.15) is 0 Å². The molecule has 6 nitrogen and oxygen atoms in total. The fourth-order valence-electron chi connectivity index (χ4n) is 3.60. The summed E-state index contributed by atoms with van der Waals surface area (Å²) < 4.78 is 21.8. The van der Waals surface area contributed by atoms with Crippen molar-refractivity contribution < 1.29 is 18.9 Å². The number of ether oxygens (including phenoxy) is 4. The Balaban J connectivity index is 1.67. The van der Waals surface area contributed by atoms with Crippen LogP contribution in [0.15, 0.2) is 24.3 Å². The lowest BCUT2D eigenvalue weighted by molar-refractivity contribution is 0.174. The average molecular weight is 342 g/mol. The van der Waals surface area contributed by atoms with Crippen LogP contribution in [0.3, 0.4) is 0 Å². The van der Waals surface area contributed by atoms with Crippen LogP contribution in [0.25, 0.3) is 0 Å². The van der Waals surface area contributed by atoms with Gasteiger partial charge in [0.15, 0.2) is 23.0 Å². The molecule has 0 saturated heterocycles. The number of nitrogen functional groups attached to an aromatic ring is 1. The van der Waals surface area contributed by atoms with Gasteiger partial charge in [-0.05, 0) is 54.3 Å². The molecule has 0 radical (unpaired) electrons. The van der Waals surface area contributed by atoms with E-state index in [0.717, 1.165) is 36.4 Å². The summed E-state index contributed by atoms with van der Waals surface area (Å²) in [6, 6.07) is 8.25. The fraction of sp³-hybridized carbons (Fsp3) is 0.368. The second-order valence-corrected chi connectivity index (χ2v) is 6.24. The maximum absolute atomic E-state index is 6.32. The van der Waals surface area contributed by atoms with Gasteiger partial charge in [-0.15, -0.1) is 0 Å². The van der Waals surface area contributed by atoms with E-state index >= 15 is 0 Å². The first-order chi connectivity index (χ1) is 12.2. The molecule has 2 aliphatic heterocycles. The van der Waals surface area contributed by atoms with Crippen molar-refractivity contribution in [3.8, 4) is 23.0 Å². The van der Waals surface area contributed by atoms with Gasteiger partial charge in [-0.3, -0.25) is 0 Å². The Kier molecular flexibility index (Phi) is 4.05. The van der Waals surface area contributed by atoms with Crippen LogP contribution in [-0.4, -0.2) is 27.6 Å². The predicted octanol–water partition coefficient (Wildman–Crippen LogP) is 2.44. The van der Waals surface area contributed by atoms with E-state index in [1.54, 1.807) is 14.2 Å². The Morgan fingerprint density at radius 3 is 2.72 bits per heavy atom. The number of anilines is 1. The molecule has 0 spiro atoms. The summed E-state index contributed by atoms with van der Waals surface area (Å²) in [6.45, 7) is 1.21. The van der Waals surface area contributed by atoms with Crippen LogP contribution in [0.4, 0.5) is 5.69 Å². The number of rotatable bonds is 4. The minimum Gasteiger partial charge on any atom is -0.493 e. The zero-order chi connectivity index (χ0) is 17.4. The summed E-state index contributed by atoms with van der Waals surface area (Å²) >= 11 is 0. The fourth-order valence-corrected chi connectivity index (χ4v) is 3.60. The van der Waals surface area contributed by atoms with Gasteiger partial charge in [0.2, 0.25) is 6.79 Å². The zero-order valence-electron chi connectivity index (χ0n) is 14.4. The van der Waals surface area contributed by atoms with Crippen LogP contribution in [-0.2, 0) is 12.8 Å². The van der Waals surface area contributed by atoms with Gasteiger partial charge in [-0.1, -0.05) is 6.07 Å². The summed E-state index contributed by atoms with van der Waals surface area (Å²) in [5.74, 6) is 2.88. The number of hydrogen-bond donors (Lipinski definition) is 2. The van der Waals surface area contributed by atoms with Crippen LogP contribution in [0, 0.1) is 0 Å². The van der Waals surface area contributed by atoms with Crippen LogP contribution in [0.5, 0.6) is 23.0 Å². The molecule has 132 valence electrons. The minimum atomic E-state index is 0.165. The van der Waals surface area contributed by atoms with E-state index in [1.165, 1.54) is 11.1 Å². The summed E-state index contributed by atoms with van der Waals surface area (Å²) in [5.41, 5.74) is 10.5. The predicted molar refractivity (Wildman–Crippen MR) is 94.7 cm³/mol. The summed E-state index contributed by atoms with van der Waals surface area (Å²) in [5, 5.41) is 3.58. The van der Waals surface area contributed by atoms with Gasteiger partial charge >= 0.3 is 0 Å². The van der Waals surface area contributed by atoms with Crippen molar-refractivity contribution in [1.29, 1.82) is 0 Å². The first kappa shape index (κ1) is 15.9. The van der Waals surface area contributed by atoms with E-state index in [0.29, 0.717) is 24.0 Å². The molecule has 1 unspecified atom stereocenters. The van der Waals surface area contributed by atoms with E-state index in [2.05, 4.69) is 17.4 Å². The van der Waals surface area contributed by atoms with Gasteiger partial charge < -0.3 is 30.0 Å². The third-order valence-electron chi connectivity index (χ3n) is 4.89.